The van der Waals surface area contributed by atoms with E-state index in [0.717, 1.165) is 0 Å². The zero-order chi connectivity index (χ0) is 15.5. The molecule has 0 bridgehead atoms. The number of nitrogens with zero attached hydrogens (tertiary/aromatic N) is 4. The van der Waals surface area contributed by atoms with Crippen LogP contribution in [0.25, 0.3) is 11.2 Å². The fourth-order valence-corrected chi connectivity index (χ4v) is 3.13. The summed E-state index contributed by atoms with van der Waals surface area (Å²) in [6.45, 7) is 4.10. The highest BCUT2D eigenvalue weighted by Gasteiger charge is 2.55. The minimum Gasteiger partial charge on any atom is -0.382 e. The number of imidazole rings is 1. The predicted octanol–water partition coefficient (Wildman–Crippen LogP) is -0.215. The highest BCUT2D eigenvalue weighted by Crippen LogP contribution is 2.43. The molecule has 0 saturated carbocycles. The predicted molar refractivity (Wildman–Crippen MR) is 76.5 cm³/mol. The lowest BCUT2D eigenvalue weighted by atomic mass is 10.1. The minimum absolute atomic E-state index is 0.221. The molecule has 2 fully saturated rings. The molecule has 118 valence electrons. The number of ether oxygens (including phenoxy) is 3. The van der Waals surface area contributed by atoms with E-state index in [9.17, 15) is 0 Å². The SMILES string of the molecule is CC1(C)OC2C(O1)[C@@H](CN)O[C@H]2n1cnc2c(N)ncnc21. The molecule has 2 aromatic heterocycles. The standard InChI is InChI=1S/C13H18N6O3/c1-13(2)21-8-6(3-14)20-12(9(8)22-13)19-5-18-7-10(15)16-4-17-11(7)19/h4-6,8-9,12H,3,14H2,1-2H3,(H2,15,16,17)/t6-,8?,9?,12-/m1/s1. The van der Waals surface area contributed by atoms with Gasteiger partial charge in [-0.15, -0.1) is 0 Å². The molecule has 2 unspecified atom stereocenters. The van der Waals surface area contributed by atoms with Crippen molar-refractivity contribution in [1.29, 1.82) is 0 Å². The van der Waals surface area contributed by atoms with Crippen LogP contribution >= 0.6 is 0 Å². The van der Waals surface area contributed by atoms with Crippen LogP contribution in [-0.2, 0) is 14.2 Å². The second kappa shape index (κ2) is 4.59. The summed E-state index contributed by atoms with van der Waals surface area (Å²) in [5.74, 6) is -0.340. The Hall–Kier alpha value is -1.81. The van der Waals surface area contributed by atoms with Gasteiger partial charge in [-0.2, -0.15) is 0 Å². The summed E-state index contributed by atoms with van der Waals surface area (Å²) in [4.78, 5) is 12.5. The van der Waals surface area contributed by atoms with E-state index in [2.05, 4.69) is 15.0 Å². The number of nitrogens with two attached hydrogens (primary N) is 2. The molecule has 2 aromatic rings. The van der Waals surface area contributed by atoms with Crippen LogP contribution < -0.4 is 11.5 Å². The Morgan fingerprint density at radius 2 is 2.00 bits per heavy atom. The van der Waals surface area contributed by atoms with Gasteiger partial charge in [-0.3, -0.25) is 4.57 Å². The molecule has 0 radical (unpaired) electrons. The number of aromatic nitrogens is 4. The number of hydrogen-bond donors (Lipinski definition) is 2. The van der Waals surface area contributed by atoms with Crippen LogP contribution in [0.3, 0.4) is 0 Å². The maximum Gasteiger partial charge on any atom is 0.167 e. The second-order valence-electron chi connectivity index (χ2n) is 5.95. The van der Waals surface area contributed by atoms with Crippen molar-refractivity contribution in [3.8, 4) is 0 Å². The largest absolute Gasteiger partial charge is 0.382 e. The number of rotatable bonds is 2. The molecule has 2 saturated heterocycles. The van der Waals surface area contributed by atoms with Gasteiger partial charge in [-0.25, -0.2) is 15.0 Å². The lowest BCUT2D eigenvalue weighted by Gasteiger charge is -2.24. The van der Waals surface area contributed by atoms with Crippen LogP contribution in [0, 0.1) is 0 Å². The topological polar surface area (TPSA) is 123 Å². The second-order valence-corrected chi connectivity index (χ2v) is 5.95. The highest BCUT2D eigenvalue weighted by atomic mass is 16.8. The molecular weight excluding hydrogens is 288 g/mol. The van der Waals surface area contributed by atoms with Gasteiger partial charge < -0.3 is 25.7 Å². The maximum absolute atomic E-state index is 6.01. The van der Waals surface area contributed by atoms with Crippen LogP contribution in [0.2, 0.25) is 0 Å². The highest BCUT2D eigenvalue weighted by molar-refractivity contribution is 5.81. The van der Waals surface area contributed by atoms with Crippen molar-refractivity contribution in [2.45, 2.75) is 44.2 Å². The van der Waals surface area contributed by atoms with E-state index in [1.165, 1.54) is 6.33 Å². The van der Waals surface area contributed by atoms with Gasteiger partial charge in [0.05, 0.1) is 6.33 Å². The van der Waals surface area contributed by atoms with E-state index in [1.807, 2.05) is 13.8 Å². The molecule has 2 aliphatic heterocycles. The molecule has 4 N–H and O–H groups in total. The molecular formula is C13H18N6O3. The molecule has 2 aliphatic rings. The van der Waals surface area contributed by atoms with Gasteiger partial charge in [0.15, 0.2) is 23.5 Å². The fourth-order valence-electron chi connectivity index (χ4n) is 3.13. The van der Waals surface area contributed by atoms with E-state index >= 15 is 0 Å². The summed E-state index contributed by atoms with van der Waals surface area (Å²) in [6.07, 6.45) is 1.87. The third-order valence-corrected chi connectivity index (χ3v) is 4.02. The van der Waals surface area contributed by atoms with Crippen molar-refractivity contribution in [2.24, 2.45) is 5.73 Å². The zero-order valence-electron chi connectivity index (χ0n) is 12.3. The smallest absolute Gasteiger partial charge is 0.167 e. The summed E-state index contributed by atoms with van der Waals surface area (Å²) in [5.41, 5.74) is 12.8. The number of anilines is 1. The van der Waals surface area contributed by atoms with Gasteiger partial charge in [-0.1, -0.05) is 0 Å². The quantitative estimate of drug-likeness (QED) is 0.781. The van der Waals surface area contributed by atoms with Crippen LogP contribution in [0.4, 0.5) is 5.82 Å². The van der Waals surface area contributed by atoms with E-state index in [0.29, 0.717) is 23.5 Å². The first kappa shape index (κ1) is 13.8. The van der Waals surface area contributed by atoms with E-state index in [-0.39, 0.29) is 18.3 Å². The van der Waals surface area contributed by atoms with Crippen molar-refractivity contribution >= 4 is 17.0 Å². The summed E-state index contributed by atoms with van der Waals surface area (Å²) >= 11 is 0. The number of hydrogen-bond acceptors (Lipinski definition) is 8. The monoisotopic (exact) mass is 306 g/mol. The zero-order valence-corrected chi connectivity index (χ0v) is 12.3. The van der Waals surface area contributed by atoms with Crippen LogP contribution in [0.5, 0.6) is 0 Å². The Bertz CT molecular complexity index is 717. The molecule has 0 amide bonds. The number of fused-ring (bicyclic) bond motifs is 2. The summed E-state index contributed by atoms with van der Waals surface area (Å²) in [5, 5.41) is 0. The molecule has 4 heterocycles. The summed E-state index contributed by atoms with van der Waals surface area (Å²) in [6, 6.07) is 0. The van der Waals surface area contributed by atoms with E-state index < -0.39 is 12.0 Å². The fraction of sp³-hybridized carbons (Fsp3) is 0.615. The van der Waals surface area contributed by atoms with Gasteiger partial charge in [-0.05, 0) is 13.8 Å². The van der Waals surface area contributed by atoms with Crippen molar-refractivity contribution < 1.29 is 14.2 Å². The molecule has 4 rings (SSSR count). The normalized spacial score (nSPS) is 33.4. The Kier molecular flexibility index (Phi) is 2.89. The van der Waals surface area contributed by atoms with Crippen LogP contribution in [0.15, 0.2) is 12.7 Å². The Morgan fingerprint density at radius 1 is 1.23 bits per heavy atom. The summed E-state index contributed by atoms with van der Waals surface area (Å²) in [7, 11) is 0. The van der Waals surface area contributed by atoms with Crippen molar-refractivity contribution in [3.05, 3.63) is 12.7 Å². The van der Waals surface area contributed by atoms with Gasteiger partial charge in [0, 0.05) is 6.54 Å². The molecule has 22 heavy (non-hydrogen) atoms. The third-order valence-electron chi connectivity index (χ3n) is 4.02. The van der Waals surface area contributed by atoms with Gasteiger partial charge in [0.2, 0.25) is 0 Å². The Morgan fingerprint density at radius 3 is 2.77 bits per heavy atom. The first-order valence-electron chi connectivity index (χ1n) is 7.14. The van der Waals surface area contributed by atoms with Crippen molar-refractivity contribution in [3.63, 3.8) is 0 Å². The first-order chi connectivity index (χ1) is 10.5. The Labute approximate surface area is 126 Å². The lowest BCUT2D eigenvalue weighted by molar-refractivity contribution is -0.195. The van der Waals surface area contributed by atoms with Crippen molar-refractivity contribution in [1.82, 2.24) is 19.5 Å². The van der Waals surface area contributed by atoms with Crippen LogP contribution in [0.1, 0.15) is 20.1 Å². The minimum atomic E-state index is -0.671. The van der Waals surface area contributed by atoms with Crippen LogP contribution in [-0.4, -0.2) is 50.2 Å². The van der Waals surface area contributed by atoms with Gasteiger partial charge >= 0.3 is 0 Å². The van der Waals surface area contributed by atoms with E-state index in [4.69, 9.17) is 25.7 Å². The maximum atomic E-state index is 6.01. The molecule has 0 aromatic carbocycles. The summed E-state index contributed by atoms with van der Waals surface area (Å²) < 4.78 is 19.7. The molecule has 0 aliphatic carbocycles. The molecule has 4 atom stereocenters. The van der Waals surface area contributed by atoms with E-state index in [1.54, 1.807) is 10.9 Å². The Balaban J connectivity index is 1.77. The average Bonchev–Trinajstić information content (AvgIpc) is 3.10. The number of nitrogen functional groups attached to an aromatic ring is 1. The molecule has 0 spiro atoms. The average molecular weight is 306 g/mol. The molecule has 9 heteroatoms. The molecule has 9 nitrogen and oxygen atoms in total. The third kappa shape index (κ3) is 1.90. The van der Waals surface area contributed by atoms with Crippen molar-refractivity contribution in [2.75, 3.05) is 12.3 Å². The van der Waals surface area contributed by atoms with Gasteiger partial charge in [0.25, 0.3) is 0 Å². The van der Waals surface area contributed by atoms with Gasteiger partial charge in [0.1, 0.15) is 30.2 Å². The first-order valence-corrected chi connectivity index (χ1v) is 7.14. The lowest BCUT2D eigenvalue weighted by Crippen LogP contribution is -2.34.